The SMILES string of the molecule is CC1CCCC(NC(=O)C2CCN(C3=NS(=O)(=O)c4ccccc43)CC2)C1C. The molecule has 152 valence electrons. The van der Waals surface area contributed by atoms with Crippen molar-refractivity contribution in [2.45, 2.75) is 56.9 Å². The van der Waals surface area contributed by atoms with E-state index in [1.165, 1.54) is 12.8 Å². The van der Waals surface area contributed by atoms with Gasteiger partial charge in [0.2, 0.25) is 5.91 Å². The molecule has 1 saturated heterocycles. The maximum Gasteiger partial charge on any atom is 0.285 e. The highest BCUT2D eigenvalue weighted by molar-refractivity contribution is 7.90. The standard InChI is InChI=1S/C21H29N3O3S/c1-14-6-5-8-18(15(14)2)22-21(25)16-10-12-24(13-11-16)20-17-7-3-4-9-19(17)28(26,27)23-20/h3-4,7,9,14-16,18H,5-6,8,10-13H2,1-2H3,(H,22,25). The predicted octanol–water partition coefficient (Wildman–Crippen LogP) is 2.79. The first-order chi connectivity index (χ1) is 13.4. The summed E-state index contributed by atoms with van der Waals surface area (Å²) in [4.78, 5) is 15.1. The maximum atomic E-state index is 12.8. The number of nitrogens with one attached hydrogen (secondary N) is 1. The van der Waals surface area contributed by atoms with E-state index in [1.54, 1.807) is 12.1 Å². The fourth-order valence-electron chi connectivity index (χ4n) is 4.76. The summed E-state index contributed by atoms with van der Waals surface area (Å²) in [5.41, 5.74) is 0.676. The summed E-state index contributed by atoms with van der Waals surface area (Å²) in [6.45, 7) is 5.82. The minimum Gasteiger partial charge on any atom is -0.355 e. The van der Waals surface area contributed by atoms with Gasteiger partial charge in [0.05, 0.1) is 0 Å². The van der Waals surface area contributed by atoms with Gasteiger partial charge >= 0.3 is 0 Å². The molecule has 0 bridgehead atoms. The molecule has 0 spiro atoms. The van der Waals surface area contributed by atoms with E-state index < -0.39 is 10.0 Å². The number of carbonyl (C=O) groups excluding carboxylic acids is 1. The fraction of sp³-hybridized carbons (Fsp3) is 0.619. The number of fused-ring (bicyclic) bond motifs is 1. The number of piperidine rings is 1. The van der Waals surface area contributed by atoms with Crippen LogP contribution in [0, 0.1) is 17.8 Å². The molecule has 3 atom stereocenters. The molecule has 28 heavy (non-hydrogen) atoms. The smallest absolute Gasteiger partial charge is 0.285 e. The van der Waals surface area contributed by atoms with Crippen LogP contribution >= 0.6 is 0 Å². The number of hydrogen-bond acceptors (Lipinski definition) is 4. The number of nitrogens with zero attached hydrogens (tertiary/aromatic N) is 2. The van der Waals surface area contributed by atoms with Crippen molar-refractivity contribution in [1.82, 2.24) is 10.2 Å². The maximum absolute atomic E-state index is 12.8. The summed E-state index contributed by atoms with van der Waals surface area (Å²) in [5.74, 6) is 1.86. The van der Waals surface area contributed by atoms with E-state index in [-0.39, 0.29) is 22.8 Å². The summed E-state index contributed by atoms with van der Waals surface area (Å²) in [6.07, 6.45) is 4.95. The third kappa shape index (κ3) is 3.56. The Balaban J connectivity index is 1.38. The number of hydrogen-bond donors (Lipinski definition) is 1. The third-order valence-electron chi connectivity index (χ3n) is 6.81. The zero-order valence-corrected chi connectivity index (χ0v) is 17.4. The number of rotatable bonds is 2. The molecule has 2 heterocycles. The van der Waals surface area contributed by atoms with Gasteiger partial charge in [-0.25, -0.2) is 0 Å². The van der Waals surface area contributed by atoms with Crippen molar-refractivity contribution < 1.29 is 13.2 Å². The van der Waals surface area contributed by atoms with Crippen molar-refractivity contribution in [1.29, 1.82) is 0 Å². The summed E-state index contributed by atoms with van der Waals surface area (Å²) < 4.78 is 28.6. The van der Waals surface area contributed by atoms with Crippen molar-refractivity contribution in [2.24, 2.45) is 22.2 Å². The van der Waals surface area contributed by atoms with Crippen LogP contribution in [-0.4, -0.2) is 44.2 Å². The van der Waals surface area contributed by atoms with Gasteiger partial charge in [0, 0.05) is 30.6 Å². The van der Waals surface area contributed by atoms with Gasteiger partial charge in [0.25, 0.3) is 10.0 Å². The van der Waals surface area contributed by atoms with Gasteiger partial charge in [-0.1, -0.05) is 38.8 Å². The molecule has 3 aliphatic rings. The molecule has 2 fully saturated rings. The van der Waals surface area contributed by atoms with Crippen molar-refractivity contribution >= 4 is 21.8 Å². The van der Waals surface area contributed by atoms with Crippen molar-refractivity contribution in [3.8, 4) is 0 Å². The van der Waals surface area contributed by atoms with E-state index in [9.17, 15) is 13.2 Å². The van der Waals surface area contributed by atoms with Gasteiger partial charge in [-0.3, -0.25) is 4.79 Å². The summed E-state index contributed by atoms with van der Waals surface area (Å²) in [6, 6.07) is 7.25. The normalized spacial score (nSPS) is 29.9. The van der Waals surface area contributed by atoms with Crippen molar-refractivity contribution in [3.05, 3.63) is 29.8 Å². The van der Waals surface area contributed by atoms with E-state index in [1.807, 2.05) is 17.0 Å². The highest BCUT2D eigenvalue weighted by atomic mass is 32.2. The molecule has 0 aromatic heterocycles. The molecular formula is C21H29N3O3S. The molecule has 3 unspecified atom stereocenters. The second kappa shape index (κ2) is 7.50. The van der Waals surface area contributed by atoms with Gasteiger partial charge in [-0.2, -0.15) is 8.42 Å². The average Bonchev–Trinajstić information content (AvgIpc) is 2.97. The molecule has 1 N–H and O–H groups in total. The number of sulfonamides is 1. The van der Waals surface area contributed by atoms with Gasteiger partial charge in [0.1, 0.15) is 4.90 Å². The Morgan fingerprint density at radius 1 is 1.11 bits per heavy atom. The quantitative estimate of drug-likeness (QED) is 0.824. The minimum absolute atomic E-state index is 0.00506. The average molecular weight is 404 g/mol. The summed E-state index contributed by atoms with van der Waals surface area (Å²) in [7, 11) is -3.60. The van der Waals surface area contributed by atoms with Gasteiger partial charge in [-0.15, -0.1) is 4.40 Å². The zero-order chi connectivity index (χ0) is 19.9. The van der Waals surface area contributed by atoms with E-state index in [4.69, 9.17) is 0 Å². The molecule has 1 amide bonds. The molecule has 6 nitrogen and oxygen atoms in total. The minimum atomic E-state index is -3.60. The Labute approximate surface area is 167 Å². The molecule has 4 rings (SSSR count). The highest BCUT2D eigenvalue weighted by Crippen LogP contribution is 2.31. The summed E-state index contributed by atoms with van der Waals surface area (Å²) in [5, 5.41) is 3.30. The van der Waals surface area contributed by atoms with Crippen LogP contribution in [0.5, 0.6) is 0 Å². The van der Waals surface area contributed by atoms with Crippen LogP contribution in [0.25, 0.3) is 0 Å². The molecule has 7 heteroatoms. The van der Waals surface area contributed by atoms with Gasteiger partial charge < -0.3 is 10.2 Å². The lowest BCUT2D eigenvalue weighted by atomic mass is 9.78. The lowest BCUT2D eigenvalue weighted by Crippen LogP contribution is -2.48. The molecule has 1 saturated carbocycles. The number of likely N-dealkylation sites (tertiary alicyclic amines) is 1. The third-order valence-corrected chi connectivity index (χ3v) is 8.14. The highest BCUT2D eigenvalue weighted by Gasteiger charge is 2.35. The van der Waals surface area contributed by atoms with Crippen LogP contribution in [0.1, 0.15) is 51.5 Å². The van der Waals surface area contributed by atoms with Crippen LogP contribution in [-0.2, 0) is 14.8 Å². The predicted molar refractivity (Wildman–Crippen MR) is 109 cm³/mol. The Morgan fingerprint density at radius 2 is 1.82 bits per heavy atom. The lowest BCUT2D eigenvalue weighted by Gasteiger charge is -2.37. The largest absolute Gasteiger partial charge is 0.355 e. The second-order valence-electron chi connectivity index (χ2n) is 8.53. The first-order valence-corrected chi connectivity index (χ1v) is 11.8. The zero-order valence-electron chi connectivity index (χ0n) is 16.6. The first-order valence-electron chi connectivity index (χ1n) is 10.4. The van der Waals surface area contributed by atoms with E-state index in [0.717, 1.165) is 19.3 Å². The van der Waals surface area contributed by atoms with E-state index in [2.05, 4.69) is 23.6 Å². The fourth-order valence-corrected chi connectivity index (χ4v) is 5.98. The Morgan fingerprint density at radius 3 is 2.57 bits per heavy atom. The van der Waals surface area contributed by atoms with Crippen LogP contribution in [0.15, 0.2) is 33.6 Å². The number of amidine groups is 1. The van der Waals surface area contributed by atoms with Crippen LogP contribution in [0.3, 0.4) is 0 Å². The molecule has 1 aromatic rings. The van der Waals surface area contributed by atoms with Crippen LogP contribution in [0.4, 0.5) is 0 Å². The van der Waals surface area contributed by atoms with Crippen LogP contribution < -0.4 is 5.32 Å². The van der Waals surface area contributed by atoms with Crippen molar-refractivity contribution in [3.63, 3.8) is 0 Å². The molecule has 1 aliphatic carbocycles. The molecule has 0 radical (unpaired) electrons. The monoisotopic (exact) mass is 403 g/mol. The second-order valence-corrected chi connectivity index (χ2v) is 10.1. The van der Waals surface area contributed by atoms with Crippen molar-refractivity contribution in [2.75, 3.05) is 13.1 Å². The van der Waals surface area contributed by atoms with Crippen LogP contribution in [0.2, 0.25) is 0 Å². The van der Waals surface area contributed by atoms with E-state index in [0.29, 0.717) is 36.3 Å². The first kappa shape index (κ1) is 19.4. The topological polar surface area (TPSA) is 78.8 Å². The Hall–Kier alpha value is -1.89. The Bertz CT molecular complexity index is 888. The lowest BCUT2D eigenvalue weighted by molar-refractivity contribution is -0.127. The molecule has 1 aromatic carbocycles. The number of carbonyl (C=O) groups is 1. The summed E-state index contributed by atoms with van der Waals surface area (Å²) >= 11 is 0. The number of benzene rings is 1. The number of amides is 1. The van der Waals surface area contributed by atoms with Gasteiger partial charge in [0.15, 0.2) is 5.84 Å². The van der Waals surface area contributed by atoms with E-state index >= 15 is 0 Å². The molecular weight excluding hydrogens is 374 g/mol. The van der Waals surface area contributed by atoms with Gasteiger partial charge in [-0.05, 0) is 43.2 Å². The molecule has 2 aliphatic heterocycles. The Kier molecular flexibility index (Phi) is 5.21.